The number of aliphatic hydroxyl groups is 2. The van der Waals surface area contributed by atoms with E-state index in [2.05, 4.69) is 4.98 Å². The average Bonchev–Trinajstić information content (AvgIpc) is 2.42. The smallest absolute Gasteiger partial charge is 0.225 e. The first-order valence-corrected chi connectivity index (χ1v) is 7.49. The fourth-order valence-corrected chi connectivity index (χ4v) is 3.11. The fraction of sp³-hybridized carbons (Fsp3) is 0.733. The van der Waals surface area contributed by atoms with Gasteiger partial charge in [0.25, 0.3) is 0 Å². The molecule has 0 radical (unpaired) electrons. The van der Waals surface area contributed by atoms with Crippen molar-refractivity contribution >= 4 is 5.95 Å². The highest BCUT2D eigenvalue weighted by atomic mass is 16.3. The third-order valence-corrected chi connectivity index (χ3v) is 4.66. The second-order valence-corrected chi connectivity index (χ2v) is 6.31. The highest BCUT2D eigenvalue weighted by molar-refractivity contribution is 5.39. The predicted molar refractivity (Wildman–Crippen MR) is 76.9 cm³/mol. The number of hydrogen-bond acceptors (Lipinski definition) is 5. The number of aryl methyl sites for hydroxylation is 2. The molecule has 1 aromatic rings. The van der Waals surface area contributed by atoms with Crippen molar-refractivity contribution in [2.45, 2.75) is 57.7 Å². The Labute approximate surface area is 119 Å². The third-order valence-electron chi connectivity index (χ3n) is 4.66. The quantitative estimate of drug-likeness (QED) is 0.801. The lowest BCUT2D eigenvalue weighted by molar-refractivity contribution is -0.0724. The molecule has 1 fully saturated rings. The molecule has 0 spiro atoms. The number of piperidine rings is 1. The van der Waals surface area contributed by atoms with Crippen molar-refractivity contribution in [2.75, 3.05) is 18.0 Å². The Hall–Kier alpha value is -1.20. The van der Waals surface area contributed by atoms with E-state index in [0.717, 1.165) is 18.5 Å². The van der Waals surface area contributed by atoms with Crippen LogP contribution in [0.5, 0.6) is 0 Å². The molecule has 20 heavy (non-hydrogen) atoms. The standard InChI is InChI=1S/C15H23N3O2/c1-10-11-5-3-4-6-12(11)17-14(16-10)18-8-7-15(2,20)13(19)9-18/h13,19-20H,3-9H2,1-2H3/t13-,15+/m0/s1. The summed E-state index contributed by atoms with van der Waals surface area (Å²) in [4.78, 5) is 11.3. The number of fused-ring (bicyclic) bond motifs is 1. The first-order chi connectivity index (χ1) is 9.47. The molecule has 5 heteroatoms. The molecule has 0 bridgehead atoms. The highest BCUT2D eigenvalue weighted by Crippen LogP contribution is 2.27. The minimum atomic E-state index is -1.00. The zero-order valence-electron chi connectivity index (χ0n) is 12.3. The van der Waals surface area contributed by atoms with Crippen LogP contribution in [0.1, 0.15) is 43.1 Å². The molecule has 1 saturated heterocycles. The SMILES string of the molecule is Cc1nc(N2CC[C@@](C)(O)[C@@H](O)C2)nc2c1CCCC2. The van der Waals surface area contributed by atoms with Crippen LogP contribution < -0.4 is 4.90 Å². The van der Waals surface area contributed by atoms with E-state index < -0.39 is 11.7 Å². The van der Waals surface area contributed by atoms with Crippen LogP contribution in [0.3, 0.4) is 0 Å². The van der Waals surface area contributed by atoms with Crippen LogP contribution in [0, 0.1) is 6.92 Å². The van der Waals surface area contributed by atoms with E-state index in [1.165, 1.54) is 24.1 Å². The Morgan fingerprint density at radius 1 is 1.25 bits per heavy atom. The summed E-state index contributed by atoms with van der Waals surface area (Å²) in [6.07, 6.45) is 4.31. The maximum absolute atomic E-state index is 10.0. The van der Waals surface area contributed by atoms with Gasteiger partial charge < -0.3 is 15.1 Å². The van der Waals surface area contributed by atoms with Crippen molar-refractivity contribution in [3.8, 4) is 0 Å². The summed E-state index contributed by atoms with van der Waals surface area (Å²) >= 11 is 0. The molecule has 1 aliphatic carbocycles. The Morgan fingerprint density at radius 3 is 2.75 bits per heavy atom. The molecule has 0 unspecified atom stereocenters. The summed E-state index contributed by atoms with van der Waals surface area (Å²) in [5.74, 6) is 0.706. The van der Waals surface area contributed by atoms with Crippen LogP contribution >= 0.6 is 0 Å². The van der Waals surface area contributed by atoms with Gasteiger partial charge in [0.1, 0.15) is 0 Å². The van der Waals surface area contributed by atoms with Gasteiger partial charge >= 0.3 is 0 Å². The summed E-state index contributed by atoms with van der Waals surface area (Å²) in [6, 6.07) is 0. The third kappa shape index (κ3) is 2.40. The van der Waals surface area contributed by atoms with Crippen molar-refractivity contribution in [1.29, 1.82) is 0 Å². The van der Waals surface area contributed by atoms with Crippen LogP contribution in [0.2, 0.25) is 0 Å². The number of aliphatic hydroxyl groups excluding tert-OH is 1. The summed E-state index contributed by atoms with van der Waals surface area (Å²) < 4.78 is 0. The van der Waals surface area contributed by atoms with Crippen LogP contribution in [-0.4, -0.2) is 45.0 Å². The highest BCUT2D eigenvalue weighted by Gasteiger charge is 2.37. The number of anilines is 1. The van der Waals surface area contributed by atoms with Crippen molar-refractivity contribution in [3.63, 3.8) is 0 Å². The number of β-amino-alcohol motifs (C(OH)–C–C–N with tert-alkyl or cyclic N) is 1. The molecule has 1 aliphatic heterocycles. The molecule has 5 nitrogen and oxygen atoms in total. The van der Waals surface area contributed by atoms with Crippen molar-refractivity contribution in [2.24, 2.45) is 0 Å². The van der Waals surface area contributed by atoms with Crippen LogP contribution in [0.4, 0.5) is 5.95 Å². The monoisotopic (exact) mass is 277 g/mol. The lowest BCUT2D eigenvalue weighted by Gasteiger charge is -2.40. The van der Waals surface area contributed by atoms with Gasteiger partial charge in [-0.2, -0.15) is 0 Å². The van der Waals surface area contributed by atoms with E-state index >= 15 is 0 Å². The molecular formula is C15H23N3O2. The molecule has 0 saturated carbocycles. The van der Waals surface area contributed by atoms with E-state index in [-0.39, 0.29) is 0 Å². The van der Waals surface area contributed by atoms with Crippen molar-refractivity contribution < 1.29 is 10.2 Å². The molecule has 0 amide bonds. The average molecular weight is 277 g/mol. The summed E-state index contributed by atoms with van der Waals surface area (Å²) in [5.41, 5.74) is 2.55. The molecule has 3 rings (SSSR count). The fourth-order valence-electron chi connectivity index (χ4n) is 3.11. The van der Waals surface area contributed by atoms with Gasteiger partial charge in [-0.25, -0.2) is 9.97 Å². The lowest BCUT2D eigenvalue weighted by Crippen LogP contribution is -2.54. The Kier molecular flexibility index (Phi) is 3.42. The molecule has 0 aromatic carbocycles. The van der Waals surface area contributed by atoms with E-state index in [4.69, 9.17) is 4.98 Å². The maximum Gasteiger partial charge on any atom is 0.225 e. The number of aromatic nitrogens is 2. The van der Waals surface area contributed by atoms with Crippen LogP contribution in [0.25, 0.3) is 0 Å². The van der Waals surface area contributed by atoms with Gasteiger partial charge in [0.2, 0.25) is 5.95 Å². The molecule has 2 aliphatic rings. The van der Waals surface area contributed by atoms with Gasteiger partial charge in [-0.1, -0.05) is 0 Å². The summed E-state index contributed by atoms with van der Waals surface area (Å²) in [5, 5.41) is 20.1. The van der Waals surface area contributed by atoms with Gasteiger partial charge in [0.15, 0.2) is 0 Å². The van der Waals surface area contributed by atoms with E-state index in [1.807, 2.05) is 11.8 Å². The van der Waals surface area contributed by atoms with E-state index in [1.54, 1.807) is 6.92 Å². The molecule has 2 atom stereocenters. The number of hydrogen-bond donors (Lipinski definition) is 2. The number of rotatable bonds is 1. The molecule has 2 heterocycles. The van der Waals surface area contributed by atoms with E-state index in [9.17, 15) is 10.2 Å². The van der Waals surface area contributed by atoms with E-state index in [0.29, 0.717) is 25.5 Å². The predicted octanol–water partition coefficient (Wildman–Crippen LogP) is 0.986. The second-order valence-electron chi connectivity index (χ2n) is 6.31. The van der Waals surface area contributed by atoms with Crippen molar-refractivity contribution in [1.82, 2.24) is 9.97 Å². The Balaban J connectivity index is 1.86. The minimum absolute atomic E-state index is 0.394. The van der Waals surface area contributed by atoms with Crippen LogP contribution in [-0.2, 0) is 12.8 Å². The Morgan fingerprint density at radius 2 is 2.00 bits per heavy atom. The summed E-state index contributed by atoms with van der Waals surface area (Å²) in [7, 11) is 0. The molecule has 2 N–H and O–H groups in total. The van der Waals surface area contributed by atoms with Gasteiger partial charge in [-0.05, 0) is 51.5 Å². The number of nitrogens with zero attached hydrogens (tertiary/aromatic N) is 3. The molecular weight excluding hydrogens is 254 g/mol. The maximum atomic E-state index is 10.0. The lowest BCUT2D eigenvalue weighted by atomic mass is 9.91. The zero-order valence-corrected chi connectivity index (χ0v) is 12.3. The first kappa shape index (κ1) is 13.8. The van der Waals surface area contributed by atoms with Gasteiger partial charge in [-0.3, -0.25) is 0 Å². The molecule has 110 valence electrons. The molecule has 1 aromatic heterocycles. The summed E-state index contributed by atoms with van der Waals surface area (Å²) in [6.45, 7) is 4.81. The Bertz CT molecular complexity index is 516. The topological polar surface area (TPSA) is 69.5 Å². The second kappa shape index (κ2) is 4.97. The zero-order chi connectivity index (χ0) is 14.3. The normalized spacial score (nSPS) is 30.2. The van der Waals surface area contributed by atoms with Gasteiger partial charge in [-0.15, -0.1) is 0 Å². The van der Waals surface area contributed by atoms with Crippen LogP contribution in [0.15, 0.2) is 0 Å². The minimum Gasteiger partial charge on any atom is -0.388 e. The first-order valence-electron chi connectivity index (χ1n) is 7.49. The largest absolute Gasteiger partial charge is 0.388 e. The van der Waals surface area contributed by atoms with Gasteiger partial charge in [0, 0.05) is 24.5 Å². The van der Waals surface area contributed by atoms with Crippen molar-refractivity contribution in [3.05, 3.63) is 17.0 Å². The van der Waals surface area contributed by atoms with Gasteiger partial charge in [0.05, 0.1) is 11.7 Å².